The van der Waals surface area contributed by atoms with E-state index in [-0.39, 0.29) is 11.2 Å². The van der Waals surface area contributed by atoms with E-state index < -0.39 is 0 Å². The second kappa shape index (κ2) is 11.9. The lowest BCUT2D eigenvalue weighted by atomic mass is 10.1. The second-order valence-corrected chi connectivity index (χ2v) is 6.03. The number of unbranched alkanes of at least 4 members (excludes halogenated alkanes) is 6. The van der Waals surface area contributed by atoms with E-state index in [2.05, 4.69) is 6.92 Å². The molecule has 0 aromatic rings. The van der Waals surface area contributed by atoms with Crippen molar-refractivity contribution in [1.82, 2.24) is 4.90 Å². The first-order chi connectivity index (χ1) is 8.57. The molecule has 0 bridgehead atoms. The van der Waals surface area contributed by atoms with Crippen LogP contribution in [-0.4, -0.2) is 30.2 Å². The maximum absolute atomic E-state index is 11.4. The van der Waals surface area contributed by atoms with Crippen LogP contribution in [0.3, 0.4) is 0 Å². The Kier molecular flexibility index (Phi) is 11.8. The van der Waals surface area contributed by atoms with Crippen molar-refractivity contribution in [3.8, 4) is 0 Å². The van der Waals surface area contributed by atoms with E-state index in [0.717, 1.165) is 12.8 Å². The van der Waals surface area contributed by atoms with Gasteiger partial charge >= 0.3 is 0 Å². The molecule has 0 fully saturated rings. The SMILES string of the molecule is CCCCCCCCCC([S])CCC(=O)N(C)C. The van der Waals surface area contributed by atoms with Crippen molar-refractivity contribution in [1.29, 1.82) is 0 Å². The van der Waals surface area contributed by atoms with Gasteiger partial charge in [0.05, 0.1) is 0 Å². The molecule has 18 heavy (non-hydrogen) atoms. The van der Waals surface area contributed by atoms with Gasteiger partial charge in [0.25, 0.3) is 0 Å². The van der Waals surface area contributed by atoms with Crippen LogP contribution in [0.25, 0.3) is 0 Å². The van der Waals surface area contributed by atoms with Gasteiger partial charge in [0.2, 0.25) is 5.91 Å². The fourth-order valence-electron chi connectivity index (χ4n) is 1.98. The first kappa shape index (κ1) is 17.8. The molecule has 0 heterocycles. The smallest absolute Gasteiger partial charge is 0.222 e. The van der Waals surface area contributed by atoms with Crippen molar-refractivity contribution >= 4 is 18.5 Å². The molecule has 0 aromatic carbocycles. The molecular formula is C15H30NOS. The summed E-state index contributed by atoms with van der Waals surface area (Å²) in [5, 5.41) is 0.282. The Bertz CT molecular complexity index is 207. The summed E-state index contributed by atoms with van der Waals surface area (Å²) in [6.45, 7) is 2.25. The number of carbonyl (C=O) groups excluding carboxylic acids is 1. The topological polar surface area (TPSA) is 20.3 Å². The Morgan fingerprint density at radius 1 is 1.00 bits per heavy atom. The molecule has 0 saturated heterocycles. The van der Waals surface area contributed by atoms with Crippen LogP contribution < -0.4 is 0 Å². The van der Waals surface area contributed by atoms with Gasteiger partial charge in [-0.1, -0.05) is 64.5 Å². The van der Waals surface area contributed by atoms with Gasteiger partial charge in [-0.3, -0.25) is 4.79 Å². The number of rotatable bonds is 11. The molecule has 107 valence electrons. The summed E-state index contributed by atoms with van der Waals surface area (Å²) in [6.07, 6.45) is 11.9. The summed E-state index contributed by atoms with van der Waals surface area (Å²) in [5.41, 5.74) is 0. The van der Waals surface area contributed by atoms with Crippen LogP contribution in [0.5, 0.6) is 0 Å². The Morgan fingerprint density at radius 2 is 1.56 bits per heavy atom. The van der Waals surface area contributed by atoms with E-state index in [9.17, 15) is 4.79 Å². The average Bonchev–Trinajstić information content (AvgIpc) is 2.34. The lowest BCUT2D eigenvalue weighted by Crippen LogP contribution is -2.22. The monoisotopic (exact) mass is 272 g/mol. The second-order valence-electron chi connectivity index (χ2n) is 5.36. The molecule has 2 nitrogen and oxygen atoms in total. The van der Waals surface area contributed by atoms with Crippen molar-refractivity contribution in [2.75, 3.05) is 14.1 Å². The van der Waals surface area contributed by atoms with Crippen molar-refractivity contribution < 1.29 is 4.79 Å². The fourth-order valence-corrected chi connectivity index (χ4v) is 2.27. The summed E-state index contributed by atoms with van der Waals surface area (Å²) in [6, 6.07) is 0. The zero-order valence-corrected chi connectivity index (χ0v) is 13.2. The first-order valence-electron chi connectivity index (χ1n) is 7.44. The van der Waals surface area contributed by atoms with Gasteiger partial charge in [-0.2, -0.15) is 0 Å². The molecule has 0 aliphatic carbocycles. The highest BCUT2D eigenvalue weighted by atomic mass is 32.1. The molecule has 0 aliphatic rings. The quantitative estimate of drug-likeness (QED) is 0.505. The third-order valence-electron chi connectivity index (χ3n) is 3.31. The zero-order valence-electron chi connectivity index (χ0n) is 12.4. The minimum absolute atomic E-state index is 0.199. The van der Waals surface area contributed by atoms with E-state index in [1.165, 1.54) is 44.9 Å². The Labute approximate surface area is 119 Å². The summed E-state index contributed by atoms with van der Waals surface area (Å²) in [7, 11) is 3.61. The van der Waals surface area contributed by atoms with Crippen molar-refractivity contribution in [2.24, 2.45) is 0 Å². The highest BCUT2D eigenvalue weighted by Crippen LogP contribution is 2.16. The predicted octanol–water partition coefficient (Wildman–Crippen LogP) is 4.56. The van der Waals surface area contributed by atoms with Gasteiger partial charge in [0.15, 0.2) is 0 Å². The maximum atomic E-state index is 11.4. The highest BCUT2D eigenvalue weighted by Gasteiger charge is 2.09. The number of nitrogens with zero attached hydrogens (tertiary/aromatic N) is 1. The molecule has 1 radical (unpaired) electrons. The molecule has 0 saturated carbocycles. The van der Waals surface area contributed by atoms with Crippen molar-refractivity contribution in [3.63, 3.8) is 0 Å². The van der Waals surface area contributed by atoms with Crippen LogP contribution in [0.2, 0.25) is 0 Å². The minimum Gasteiger partial charge on any atom is -0.349 e. The molecule has 1 atom stereocenters. The molecular weight excluding hydrogens is 242 g/mol. The summed E-state index contributed by atoms with van der Waals surface area (Å²) in [5.74, 6) is 0.199. The Morgan fingerprint density at radius 3 is 2.11 bits per heavy atom. The van der Waals surface area contributed by atoms with Gasteiger partial charge < -0.3 is 4.90 Å². The Balaban J connectivity index is 3.32. The third kappa shape index (κ3) is 10.9. The number of carbonyl (C=O) groups is 1. The molecule has 1 unspecified atom stereocenters. The van der Waals surface area contributed by atoms with Gasteiger partial charge in [0, 0.05) is 25.8 Å². The van der Waals surface area contributed by atoms with Crippen LogP contribution in [0.4, 0.5) is 0 Å². The normalized spacial score (nSPS) is 12.4. The van der Waals surface area contributed by atoms with Crippen LogP contribution in [-0.2, 0) is 4.79 Å². The average molecular weight is 272 g/mol. The predicted molar refractivity (Wildman–Crippen MR) is 81.9 cm³/mol. The zero-order chi connectivity index (χ0) is 13.8. The molecule has 0 aliphatic heterocycles. The fraction of sp³-hybridized carbons (Fsp3) is 0.933. The number of amides is 1. The van der Waals surface area contributed by atoms with Crippen molar-refractivity contribution in [3.05, 3.63) is 0 Å². The van der Waals surface area contributed by atoms with E-state index >= 15 is 0 Å². The molecule has 0 rings (SSSR count). The minimum atomic E-state index is 0.199. The number of hydrogen-bond acceptors (Lipinski definition) is 1. The number of hydrogen-bond donors (Lipinski definition) is 0. The van der Waals surface area contributed by atoms with Gasteiger partial charge in [-0.25, -0.2) is 0 Å². The molecule has 1 amide bonds. The van der Waals surface area contributed by atoms with Crippen LogP contribution >= 0.6 is 12.6 Å². The molecule has 0 spiro atoms. The van der Waals surface area contributed by atoms with E-state index in [0.29, 0.717) is 6.42 Å². The lowest BCUT2D eigenvalue weighted by molar-refractivity contribution is -0.128. The summed E-state index contributed by atoms with van der Waals surface area (Å²) >= 11 is 5.39. The largest absolute Gasteiger partial charge is 0.349 e. The maximum Gasteiger partial charge on any atom is 0.222 e. The molecule has 0 aromatic heterocycles. The van der Waals surface area contributed by atoms with Gasteiger partial charge in [-0.05, 0) is 12.8 Å². The third-order valence-corrected chi connectivity index (χ3v) is 3.78. The molecule has 3 heteroatoms. The van der Waals surface area contributed by atoms with E-state index in [1.807, 2.05) is 0 Å². The summed E-state index contributed by atoms with van der Waals surface area (Å²) in [4.78, 5) is 13.1. The van der Waals surface area contributed by atoms with Crippen molar-refractivity contribution in [2.45, 2.75) is 76.4 Å². The van der Waals surface area contributed by atoms with E-state index in [4.69, 9.17) is 12.6 Å². The first-order valence-corrected chi connectivity index (χ1v) is 7.91. The Hall–Kier alpha value is -0.180. The lowest BCUT2D eigenvalue weighted by Gasteiger charge is -2.12. The van der Waals surface area contributed by atoms with Gasteiger partial charge in [-0.15, -0.1) is 0 Å². The van der Waals surface area contributed by atoms with Crippen LogP contribution in [0.15, 0.2) is 0 Å². The van der Waals surface area contributed by atoms with Crippen LogP contribution in [0.1, 0.15) is 71.1 Å². The summed E-state index contributed by atoms with van der Waals surface area (Å²) < 4.78 is 0. The van der Waals surface area contributed by atoms with Gasteiger partial charge in [0.1, 0.15) is 0 Å². The highest BCUT2D eigenvalue weighted by molar-refractivity contribution is 7.80. The van der Waals surface area contributed by atoms with E-state index in [1.54, 1.807) is 19.0 Å². The van der Waals surface area contributed by atoms with Crippen LogP contribution in [0, 0.1) is 0 Å². The molecule has 0 N–H and O–H groups in total. The standard InChI is InChI=1S/C15H30NOS/c1-4-5-6-7-8-9-10-11-14(18)12-13-15(17)16(2)3/h14H,4-13H2,1-3H3.